The maximum Gasteiger partial charge on any atom is 0.257 e. The van der Waals surface area contributed by atoms with Crippen LogP contribution in [0, 0.1) is 11.3 Å². The first kappa shape index (κ1) is 21.7. The normalized spacial score (nSPS) is 13.4. The molecule has 32 heavy (non-hydrogen) atoms. The van der Waals surface area contributed by atoms with Crippen LogP contribution in [0.1, 0.15) is 21.7 Å². The summed E-state index contributed by atoms with van der Waals surface area (Å²) in [4.78, 5) is 28.1. The van der Waals surface area contributed by atoms with Crippen molar-refractivity contribution in [2.24, 2.45) is 0 Å². The van der Waals surface area contributed by atoms with Gasteiger partial charge in [0.15, 0.2) is 5.82 Å². The summed E-state index contributed by atoms with van der Waals surface area (Å²) < 4.78 is 5.46. The van der Waals surface area contributed by atoms with E-state index in [-0.39, 0.29) is 11.6 Å². The van der Waals surface area contributed by atoms with E-state index >= 15 is 0 Å². The number of pyridine rings is 1. The Balaban J connectivity index is 1.53. The first-order valence-electron chi connectivity index (χ1n) is 10.1. The van der Waals surface area contributed by atoms with E-state index in [1.54, 1.807) is 17.8 Å². The Morgan fingerprint density at radius 1 is 1.19 bits per heavy atom. The molecular weight excluding hydrogens is 424 g/mol. The maximum absolute atomic E-state index is 12.4. The van der Waals surface area contributed by atoms with Gasteiger partial charge in [-0.2, -0.15) is 17.0 Å². The van der Waals surface area contributed by atoms with Crippen molar-refractivity contribution in [2.45, 2.75) is 5.75 Å². The van der Waals surface area contributed by atoms with Gasteiger partial charge < -0.3 is 15.0 Å². The molecule has 3 aromatic rings. The van der Waals surface area contributed by atoms with Gasteiger partial charge in [0.2, 0.25) is 0 Å². The molecule has 1 N–H and O–H groups in total. The van der Waals surface area contributed by atoms with Crippen LogP contribution in [-0.2, 0) is 10.5 Å². The Morgan fingerprint density at radius 3 is 2.62 bits per heavy atom. The average Bonchev–Trinajstić information content (AvgIpc) is 2.85. The lowest BCUT2D eigenvalue weighted by molar-refractivity contribution is 0.102. The summed E-state index contributed by atoms with van der Waals surface area (Å²) in [6.45, 7) is 3.01. The van der Waals surface area contributed by atoms with Crippen molar-refractivity contribution >= 4 is 29.2 Å². The number of carbonyl (C=O) groups excluding carboxylic acids is 1. The van der Waals surface area contributed by atoms with Crippen LogP contribution < -0.4 is 10.2 Å². The Hall–Kier alpha value is -3.48. The quantitative estimate of drug-likeness (QED) is 0.615. The van der Waals surface area contributed by atoms with E-state index in [2.05, 4.69) is 21.5 Å². The number of anilines is 2. The molecule has 1 aliphatic rings. The van der Waals surface area contributed by atoms with Crippen molar-refractivity contribution in [2.75, 3.05) is 42.8 Å². The van der Waals surface area contributed by atoms with Gasteiger partial charge in [-0.1, -0.05) is 0 Å². The molecule has 2 aromatic heterocycles. The molecule has 0 atom stereocenters. The highest BCUT2D eigenvalue weighted by Gasteiger charge is 2.16. The first-order chi connectivity index (χ1) is 15.7. The molecular formula is C23H22N6O2S. The van der Waals surface area contributed by atoms with Crippen LogP contribution in [0.5, 0.6) is 0 Å². The van der Waals surface area contributed by atoms with Crippen molar-refractivity contribution in [1.29, 1.82) is 5.26 Å². The summed E-state index contributed by atoms with van der Waals surface area (Å²) >= 11 is 1.72. The van der Waals surface area contributed by atoms with Crippen molar-refractivity contribution in [3.63, 3.8) is 0 Å². The van der Waals surface area contributed by atoms with Gasteiger partial charge in [-0.05, 0) is 42.7 Å². The van der Waals surface area contributed by atoms with Gasteiger partial charge >= 0.3 is 0 Å². The number of hydrogen-bond donors (Lipinski definition) is 1. The standard InChI is InChI=1S/C23H22N6O2S/c1-32-15-20-12-21(29-8-10-31-11-9-29)28-22(26-20)16-2-5-18(6-3-16)27-23(30)17-4-7-19(13-24)25-14-17/h2-7,12,14H,8-11,15H2,1H3,(H,27,30). The molecule has 3 heterocycles. The number of nitrogens with one attached hydrogen (secondary N) is 1. The smallest absolute Gasteiger partial charge is 0.257 e. The SMILES string of the molecule is CSCc1cc(N2CCOCC2)nc(-c2ccc(NC(=O)c3ccc(C#N)nc3)cc2)n1. The molecule has 0 spiro atoms. The Bertz CT molecular complexity index is 1120. The highest BCUT2D eigenvalue weighted by molar-refractivity contribution is 7.97. The second-order valence-electron chi connectivity index (χ2n) is 7.15. The van der Waals surface area contributed by atoms with Gasteiger partial charge in [0.1, 0.15) is 17.6 Å². The molecule has 1 saturated heterocycles. The summed E-state index contributed by atoms with van der Waals surface area (Å²) in [5.41, 5.74) is 3.16. The maximum atomic E-state index is 12.4. The van der Waals surface area contributed by atoms with Gasteiger partial charge in [0, 0.05) is 42.4 Å². The topological polar surface area (TPSA) is 104 Å². The van der Waals surface area contributed by atoms with Gasteiger partial charge in [-0.3, -0.25) is 4.79 Å². The summed E-state index contributed by atoms with van der Waals surface area (Å²) in [6.07, 6.45) is 3.44. The number of aromatic nitrogens is 3. The molecule has 0 saturated carbocycles. The molecule has 1 aromatic carbocycles. The molecule has 1 fully saturated rings. The van der Waals surface area contributed by atoms with Crippen LogP contribution in [0.3, 0.4) is 0 Å². The number of nitrogens with zero attached hydrogens (tertiary/aromatic N) is 5. The molecule has 8 nitrogen and oxygen atoms in total. The number of amides is 1. The number of rotatable bonds is 6. The van der Waals surface area contributed by atoms with Gasteiger partial charge in [0.25, 0.3) is 5.91 Å². The van der Waals surface area contributed by atoms with Crippen LogP contribution in [0.4, 0.5) is 11.5 Å². The third kappa shape index (κ3) is 5.22. The van der Waals surface area contributed by atoms with Crippen molar-refractivity contribution < 1.29 is 9.53 Å². The van der Waals surface area contributed by atoms with E-state index in [0.29, 0.717) is 30.3 Å². The fraction of sp³-hybridized carbons (Fsp3) is 0.261. The molecule has 4 rings (SSSR count). The number of ether oxygens (including phenoxy) is 1. The summed E-state index contributed by atoms with van der Waals surface area (Å²) in [5.74, 6) is 2.09. The molecule has 0 radical (unpaired) electrons. The average molecular weight is 447 g/mol. The molecule has 0 aliphatic carbocycles. The van der Waals surface area contributed by atoms with Gasteiger partial charge in [0.05, 0.1) is 24.5 Å². The lowest BCUT2D eigenvalue weighted by Crippen LogP contribution is -2.37. The van der Waals surface area contributed by atoms with Crippen LogP contribution in [0.25, 0.3) is 11.4 Å². The predicted octanol–water partition coefficient (Wildman–Crippen LogP) is 3.36. The molecule has 9 heteroatoms. The lowest BCUT2D eigenvalue weighted by atomic mass is 10.1. The number of carbonyl (C=O) groups is 1. The molecule has 0 unspecified atom stereocenters. The summed E-state index contributed by atoms with van der Waals surface area (Å²) in [6, 6.07) is 14.5. The Morgan fingerprint density at radius 2 is 1.97 bits per heavy atom. The summed E-state index contributed by atoms with van der Waals surface area (Å²) in [7, 11) is 0. The predicted molar refractivity (Wildman–Crippen MR) is 125 cm³/mol. The highest BCUT2D eigenvalue weighted by Crippen LogP contribution is 2.24. The van der Waals surface area contributed by atoms with E-state index in [1.165, 1.54) is 12.3 Å². The minimum Gasteiger partial charge on any atom is -0.378 e. The van der Waals surface area contributed by atoms with Crippen LogP contribution >= 0.6 is 11.8 Å². The third-order valence-electron chi connectivity index (χ3n) is 4.93. The van der Waals surface area contributed by atoms with E-state index in [1.807, 2.05) is 36.4 Å². The largest absolute Gasteiger partial charge is 0.378 e. The van der Waals surface area contributed by atoms with Crippen LogP contribution in [-0.4, -0.2) is 53.4 Å². The fourth-order valence-electron chi connectivity index (χ4n) is 3.29. The zero-order valence-corrected chi connectivity index (χ0v) is 18.4. The number of benzene rings is 1. The molecule has 162 valence electrons. The van der Waals surface area contributed by atoms with Crippen molar-refractivity contribution in [3.05, 3.63) is 65.6 Å². The lowest BCUT2D eigenvalue weighted by Gasteiger charge is -2.28. The van der Waals surface area contributed by atoms with Crippen molar-refractivity contribution in [1.82, 2.24) is 15.0 Å². The minimum absolute atomic E-state index is 0.269. The zero-order valence-electron chi connectivity index (χ0n) is 17.6. The molecule has 1 aliphatic heterocycles. The second-order valence-corrected chi connectivity index (χ2v) is 8.01. The number of hydrogen-bond acceptors (Lipinski definition) is 8. The van der Waals surface area contributed by atoms with Crippen LogP contribution in [0.15, 0.2) is 48.7 Å². The van der Waals surface area contributed by atoms with E-state index in [9.17, 15) is 4.79 Å². The number of thioether (sulfide) groups is 1. The first-order valence-corrected chi connectivity index (χ1v) is 11.5. The Kier molecular flexibility index (Phi) is 6.94. The van der Waals surface area contributed by atoms with Gasteiger partial charge in [-0.25, -0.2) is 15.0 Å². The molecule has 0 bridgehead atoms. The monoisotopic (exact) mass is 446 g/mol. The minimum atomic E-state index is -0.289. The fourth-order valence-corrected chi connectivity index (χ4v) is 3.73. The second kappa shape index (κ2) is 10.2. The van der Waals surface area contributed by atoms with E-state index in [4.69, 9.17) is 20.0 Å². The summed E-state index contributed by atoms with van der Waals surface area (Å²) in [5, 5.41) is 11.7. The van der Waals surface area contributed by atoms with Crippen molar-refractivity contribution in [3.8, 4) is 17.5 Å². The number of nitriles is 1. The molecule has 1 amide bonds. The zero-order chi connectivity index (χ0) is 22.3. The van der Waals surface area contributed by atoms with Crippen LogP contribution in [0.2, 0.25) is 0 Å². The number of morpholine rings is 1. The van der Waals surface area contributed by atoms with E-state index in [0.717, 1.165) is 35.9 Å². The highest BCUT2D eigenvalue weighted by atomic mass is 32.2. The Labute approximate surface area is 190 Å². The third-order valence-corrected chi connectivity index (χ3v) is 5.52. The van der Waals surface area contributed by atoms with E-state index < -0.39 is 0 Å². The van der Waals surface area contributed by atoms with Gasteiger partial charge in [-0.15, -0.1) is 0 Å².